The van der Waals surface area contributed by atoms with Gasteiger partial charge in [0.15, 0.2) is 0 Å². The molecule has 2 aliphatic heterocycles. The van der Waals surface area contributed by atoms with Gasteiger partial charge in [0.05, 0.1) is 0 Å². The third-order valence-electron chi connectivity index (χ3n) is 7.28. The number of aromatic amines is 1. The summed E-state index contributed by atoms with van der Waals surface area (Å²) in [4.78, 5) is 25.3. The minimum absolute atomic E-state index is 0.00501. The summed E-state index contributed by atoms with van der Waals surface area (Å²) >= 11 is 0. The zero-order chi connectivity index (χ0) is 24.7. The smallest absolute Gasteiger partial charge is 0.251 e. The summed E-state index contributed by atoms with van der Waals surface area (Å²) in [7, 11) is 0. The SMILES string of the molecule is Cc1ncc(CN2CCC(Oc3ccc(C(=O)NC4CCN(Cc5ccccc5)CC4)cc3)CC2)[nH]1. The predicted octanol–water partition coefficient (Wildman–Crippen LogP) is 4.16. The molecule has 0 bridgehead atoms. The van der Waals surface area contributed by atoms with Crippen molar-refractivity contribution in [3.05, 3.63) is 83.4 Å². The highest BCUT2D eigenvalue weighted by Crippen LogP contribution is 2.21. The van der Waals surface area contributed by atoms with Gasteiger partial charge in [-0.1, -0.05) is 30.3 Å². The molecule has 5 rings (SSSR count). The maximum Gasteiger partial charge on any atom is 0.251 e. The van der Waals surface area contributed by atoms with E-state index in [9.17, 15) is 4.79 Å². The highest BCUT2D eigenvalue weighted by molar-refractivity contribution is 5.94. The van der Waals surface area contributed by atoms with Gasteiger partial charge in [-0.2, -0.15) is 0 Å². The highest BCUT2D eigenvalue weighted by Gasteiger charge is 2.23. The first-order valence-electron chi connectivity index (χ1n) is 13.2. The van der Waals surface area contributed by atoms with Crippen molar-refractivity contribution in [2.24, 2.45) is 0 Å². The number of hydrogen-bond donors (Lipinski definition) is 2. The van der Waals surface area contributed by atoms with Crippen molar-refractivity contribution in [3.8, 4) is 5.75 Å². The van der Waals surface area contributed by atoms with Crippen LogP contribution in [0.1, 0.15) is 53.1 Å². The van der Waals surface area contributed by atoms with Crippen LogP contribution in [0.4, 0.5) is 0 Å². The van der Waals surface area contributed by atoms with E-state index in [1.807, 2.05) is 37.4 Å². The number of carbonyl (C=O) groups excluding carboxylic acids is 1. The normalized spacial score (nSPS) is 18.2. The molecule has 0 saturated carbocycles. The summed E-state index contributed by atoms with van der Waals surface area (Å²) in [5.41, 5.74) is 3.20. The summed E-state index contributed by atoms with van der Waals surface area (Å²) in [5.74, 6) is 1.80. The van der Waals surface area contributed by atoms with E-state index >= 15 is 0 Å². The second-order valence-electron chi connectivity index (χ2n) is 10.1. The van der Waals surface area contributed by atoms with Crippen LogP contribution >= 0.6 is 0 Å². The Kier molecular flexibility index (Phi) is 7.98. The van der Waals surface area contributed by atoms with Gasteiger partial charge in [0.25, 0.3) is 5.91 Å². The molecule has 0 unspecified atom stereocenters. The molecule has 3 heterocycles. The summed E-state index contributed by atoms with van der Waals surface area (Å²) in [6, 6.07) is 18.4. The van der Waals surface area contributed by atoms with Crippen LogP contribution in [0.5, 0.6) is 5.75 Å². The molecular formula is C29H37N5O2. The number of H-pyrrole nitrogens is 1. The first-order chi connectivity index (χ1) is 17.6. The zero-order valence-corrected chi connectivity index (χ0v) is 21.2. The standard InChI is InChI=1S/C29H37N5O2/c1-22-30-19-26(31-22)21-34-17-13-28(14-18-34)36-27-9-7-24(8-10-27)29(35)32-25-11-15-33(16-12-25)20-23-5-3-2-4-6-23/h2-10,19,25,28H,11-18,20-21H2,1H3,(H,30,31)(H,32,35). The molecule has 2 saturated heterocycles. The second kappa shape index (κ2) is 11.7. The molecule has 0 spiro atoms. The van der Waals surface area contributed by atoms with Gasteiger partial charge in [-0.3, -0.25) is 14.6 Å². The van der Waals surface area contributed by atoms with Gasteiger partial charge in [-0.15, -0.1) is 0 Å². The molecule has 2 aliphatic rings. The molecule has 36 heavy (non-hydrogen) atoms. The minimum Gasteiger partial charge on any atom is -0.490 e. The monoisotopic (exact) mass is 487 g/mol. The van der Waals surface area contributed by atoms with Crippen molar-refractivity contribution in [2.75, 3.05) is 26.2 Å². The topological polar surface area (TPSA) is 73.5 Å². The Labute approximate surface area is 213 Å². The molecule has 0 radical (unpaired) electrons. The van der Waals surface area contributed by atoms with Gasteiger partial charge >= 0.3 is 0 Å². The van der Waals surface area contributed by atoms with Crippen LogP contribution in [-0.2, 0) is 13.1 Å². The fourth-order valence-electron chi connectivity index (χ4n) is 5.20. The number of nitrogens with zero attached hydrogens (tertiary/aromatic N) is 3. The Morgan fingerprint density at radius 1 is 0.944 bits per heavy atom. The molecule has 190 valence electrons. The molecule has 1 aromatic heterocycles. The number of imidazole rings is 1. The summed E-state index contributed by atoms with van der Waals surface area (Å²) in [6.45, 7) is 7.89. The van der Waals surface area contributed by atoms with Crippen LogP contribution in [0.3, 0.4) is 0 Å². The Morgan fingerprint density at radius 3 is 2.28 bits per heavy atom. The number of piperidine rings is 2. The molecule has 7 heteroatoms. The van der Waals surface area contributed by atoms with Crippen molar-refractivity contribution in [1.29, 1.82) is 0 Å². The van der Waals surface area contributed by atoms with Crippen LogP contribution in [0, 0.1) is 6.92 Å². The summed E-state index contributed by atoms with van der Waals surface area (Å²) in [5, 5.41) is 3.23. The van der Waals surface area contributed by atoms with E-state index in [0.29, 0.717) is 5.56 Å². The van der Waals surface area contributed by atoms with Gasteiger partial charge < -0.3 is 15.0 Å². The number of amides is 1. The van der Waals surface area contributed by atoms with Gasteiger partial charge in [0.1, 0.15) is 17.7 Å². The van der Waals surface area contributed by atoms with Crippen LogP contribution in [0.25, 0.3) is 0 Å². The van der Waals surface area contributed by atoms with Crippen LogP contribution in [0.2, 0.25) is 0 Å². The maximum atomic E-state index is 12.8. The first kappa shape index (κ1) is 24.5. The number of aromatic nitrogens is 2. The molecule has 1 amide bonds. The van der Waals surface area contributed by atoms with Crippen molar-refractivity contribution in [2.45, 2.75) is 57.8 Å². The van der Waals surface area contributed by atoms with E-state index in [-0.39, 0.29) is 18.1 Å². The molecule has 0 atom stereocenters. The van der Waals surface area contributed by atoms with E-state index in [1.165, 1.54) is 11.3 Å². The number of benzene rings is 2. The van der Waals surface area contributed by atoms with Crippen LogP contribution < -0.4 is 10.1 Å². The van der Waals surface area contributed by atoms with Gasteiger partial charge in [-0.05, 0) is 62.4 Å². The Bertz CT molecular complexity index is 1100. The van der Waals surface area contributed by atoms with Gasteiger partial charge in [-0.25, -0.2) is 4.98 Å². The Balaban J connectivity index is 1.03. The zero-order valence-electron chi connectivity index (χ0n) is 21.2. The lowest BCUT2D eigenvalue weighted by Gasteiger charge is -2.32. The van der Waals surface area contributed by atoms with E-state index in [0.717, 1.165) is 76.5 Å². The predicted molar refractivity (Wildman–Crippen MR) is 141 cm³/mol. The average molecular weight is 488 g/mol. The summed E-state index contributed by atoms with van der Waals surface area (Å²) in [6.07, 6.45) is 6.10. The number of nitrogens with one attached hydrogen (secondary N) is 2. The number of aryl methyl sites for hydroxylation is 1. The van der Waals surface area contributed by atoms with Crippen LogP contribution in [-0.4, -0.2) is 64.0 Å². The fraction of sp³-hybridized carbons (Fsp3) is 0.448. The first-order valence-corrected chi connectivity index (χ1v) is 13.2. The van der Waals surface area contributed by atoms with E-state index in [1.54, 1.807) is 0 Å². The third kappa shape index (κ3) is 6.74. The molecule has 2 fully saturated rings. The molecule has 3 aromatic rings. The second-order valence-corrected chi connectivity index (χ2v) is 10.1. The third-order valence-corrected chi connectivity index (χ3v) is 7.28. The lowest BCUT2D eigenvalue weighted by molar-refractivity contribution is 0.0908. The highest BCUT2D eigenvalue weighted by atomic mass is 16.5. The molecule has 2 aromatic carbocycles. The van der Waals surface area contributed by atoms with E-state index in [2.05, 4.69) is 55.4 Å². The van der Waals surface area contributed by atoms with Gasteiger partial charge in [0.2, 0.25) is 0 Å². The quantitative estimate of drug-likeness (QED) is 0.499. The number of hydrogen-bond acceptors (Lipinski definition) is 5. The van der Waals surface area contributed by atoms with E-state index in [4.69, 9.17) is 4.74 Å². The number of rotatable bonds is 8. The Morgan fingerprint density at radius 2 is 1.61 bits per heavy atom. The largest absolute Gasteiger partial charge is 0.490 e. The minimum atomic E-state index is 0.00501. The lowest BCUT2D eigenvalue weighted by Crippen LogP contribution is -2.44. The number of ether oxygens (including phenoxy) is 1. The van der Waals surface area contributed by atoms with E-state index < -0.39 is 0 Å². The van der Waals surface area contributed by atoms with Gasteiger partial charge in [0, 0.05) is 62.8 Å². The lowest BCUT2D eigenvalue weighted by atomic mass is 10.0. The number of carbonyl (C=O) groups is 1. The van der Waals surface area contributed by atoms with Crippen molar-refractivity contribution < 1.29 is 9.53 Å². The summed E-state index contributed by atoms with van der Waals surface area (Å²) < 4.78 is 6.22. The number of likely N-dealkylation sites (tertiary alicyclic amines) is 2. The van der Waals surface area contributed by atoms with Crippen molar-refractivity contribution >= 4 is 5.91 Å². The molecular weight excluding hydrogens is 450 g/mol. The molecule has 2 N–H and O–H groups in total. The fourth-order valence-corrected chi connectivity index (χ4v) is 5.20. The van der Waals surface area contributed by atoms with Crippen molar-refractivity contribution in [3.63, 3.8) is 0 Å². The molecule has 0 aliphatic carbocycles. The average Bonchev–Trinajstić information content (AvgIpc) is 3.32. The Hall–Kier alpha value is -3.16. The van der Waals surface area contributed by atoms with Crippen LogP contribution in [0.15, 0.2) is 60.8 Å². The van der Waals surface area contributed by atoms with Crippen molar-refractivity contribution in [1.82, 2.24) is 25.1 Å². The molecule has 7 nitrogen and oxygen atoms in total. The maximum absolute atomic E-state index is 12.8.